The summed E-state index contributed by atoms with van der Waals surface area (Å²) in [6.45, 7) is 1.19. The summed E-state index contributed by atoms with van der Waals surface area (Å²) in [5, 5.41) is 3.03. The molecule has 0 fully saturated rings. The average molecular weight is 328 g/mol. The van der Waals surface area contributed by atoms with Gasteiger partial charge in [0, 0.05) is 24.1 Å². The van der Waals surface area contributed by atoms with Crippen LogP contribution in [0.4, 0.5) is 4.39 Å². The summed E-state index contributed by atoms with van der Waals surface area (Å²) >= 11 is 0. The second kappa shape index (κ2) is 7.01. The van der Waals surface area contributed by atoms with Gasteiger partial charge in [0.15, 0.2) is 0 Å². The molecule has 1 N–H and O–H groups in total. The molecule has 0 bridgehead atoms. The number of halogens is 1. The van der Waals surface area contributed by atoms with Crippen molar-refractivity contribution in [1.29, 1.82) is 0 Å². The second-order valence-corrected chi connectivity index (χ2v) is 6.24. The lowest BCUT2D eigenvalue weighted by molar-refractivity contribution is 0.0923. The fourth-order valence-corrected chi connectivity index (χ4v) is 2.97. The lowest BCUT2D eigenvalue weighted by atomic mass is 9.99. The van der Waals surface area contributed by atoms with Crippen molar-refractivity contribution in [3.05, 3.63) is 65.0 Å². The maximum absolute atomic E-state index is 13.6. The summed E-state index contributed by atoms with van der Waals surface area (Å²) in [6.07, 6.45) is 0.623. The van der Waals surface area contributed by atoms with Crippen LogP contribution in [0.1, 0.15) is 33.9 Å². The minimum Gasteiger partial charge on any atom is -0.493 e. The number of fused-ring (bicyclic) bond motifs is 1. The lowest BCUT2D eigenvalue weighted by Gasteiger charge is -2.27. The van der Waals surface area contributed by atoms with Crippen LogP contribution in [0.3, 0.4) is 0 Å². The third-order valence-electron chi connectivity index (χ3n) is 4.07. The molecule has 2 aromatic carbocycles. The fourth-order valence-electron chi connectivity index (χ4n) is 2.97. The summed E-state index contributed by atoms with van der Waals surface area (Å²) in [7, 11) is 3.93. The zero-order chi connectivity index (χ0) is 17.1. The first kappa shape index (κ1) is 16.5. The van der Waals surface area contributed by atoms with Gasteiger partial charge in [-0.05, 0) is 43.9 Å². The second-order valence-electron chi connectivity index (χ2n) is 6.24. The molecule has 0 aliphatic carbocycles. The Morgan fingerprint density at radius 2 is 2.08 bits per heavy atom. The number of carbonyl (C=O) groups excluding carboxylic acids is 1. The Morgan fingerprint density at radius 3 is 2.88 bits per heavy atom. The third-order valence-corrected chi connectivity index (χ3v) is 4.07. The van der Waals surface area contributed by atoms with E-state index in [1.165, 1.54) is 12.1 Å². The average Bonchev–Trinajstić information content (AvgIpc) is 2.55. The predicted molar refractivity (Wildman–Crippen MR) is 90.6 cm³/mol. The fraction of sp³-hybridized carbons (Fsp3) is 0.316. The zero-order valence-electron chi connectivity index (χ0n) is 13.9. The van der Waals surface area contributed by atoms with Gasteiger partial charge in [0.05, 0.1) is 12.6 Å². The summed E-state index contributed by atoms with van der Waals surface area (Å²) in [5.41, 5.74) is 2.31. The third kappa shape index (κ3) is 3.57. The Kier molecular flexibility index (Phi) is 4.81. The van der Waals surface area contributed by atoms with Gasteiger partial charge in [0.25, 0.3) is 5.91 Å². The number of carbonyl (C=O) groups is 1. The number of amides is 1. The predicted octanol–water partition coefficient (Wildman–Crippen LogP) is 3.14. The van der Waals surface area contributed by atoms with Gasteiger partial charge in [-0.1, -0.05) is 18.2 Å². The summed E-state index contributed by atoms with van der Waals surface area (Å²) in [5.74, 6) is 0.163. The van der Waals surface area contributed by atoms with Gasteiger partial charge in [-0.2, -0.15) is 0 Å². The summed E-state index contributed by atoms with van der Waals surface area (Å²) < 4.78 is 19.1. The number of benzene rings is 2. The van der Waals surface area contributed by atoms with Gasteiger partial charge in [-0.3, -0.25) is 4.79 Å². The van der Waals surface area contributed by atoms with Crippen LogP contribution in [-0.2, 0) is 6.54 Å². The topological polar surface area (TPSA) is 41.6 Å². The molecular weight excluding hydrogens is 307 g/mol. The highest BCUT2D eigenvalue weighted by atomic mass is 19.1. The van der Waals surface area contributed by atoms with Crippen molar-refractivity contribution in [2.75, 3.05) is 20.7 Å². The standard InChI is InChI=1S/C19H21FN2O2/c1-22(2)12-13-5-3-4-6-15(13)19(23)21-17-9-10-24-18-8-7-14(20)11-16(17)18/h3-8,11,17H,9-10,12H2,1-2H3,(H,21,23). The number of ether oxygens (including phenoxy) is 1. The highest BCUT2D eigenvalue weighted by molar-refractivity contribution is 5.96. The van der Waals surface area contributed by atoms with Crippen LogP contribution < -0.4 is 10.1 Å². The largest absolute Gasteiger partial charge is 0.493 e. The van der Waals surface area contributed by atoms with Gasteiger partial charge in [-0.15, -0.1) is 0 Å². The van der Waals surface area contributed by atoms with Crippen LogP contribution in [-0.4, -0.2) is 31.5 Å². The van der Waals surface area contributed by atoms with E-state index in [1.807, 2.05) is 43.3 Å². The molecule has 1 aliphatic heterocycles. The highest BCUT2D eigenvalue weighted by Crippen LogP contribution is 2.32. The van der Waals surface area contributed by atoms with Crippen molar-refractivity contribution in [1.82, 2.24) is 10.2 Å². The monoisotopic (exact) mass is 328 g/mol. The van der Waals surface area contributed by atoms with Crippen molar-refractivity contribution in [3.63, 3.8) is 0 Å². The Bertz CT molecular complexity index is 746. The quantitative estimate of drug-likeness (QED) is 0.937. The minimum absolute atomic E-state index is 0.144. The van der Waals surface area contributed by atoms with Crippen LogP contribution in [0.5, 0.6) is 5.75 Å². The molecule has 24 heavy (non-hydrogen) atoms. The Hall–Kier alpha value is -2.40. The minimum atomic E-state index is -0.327. The molecule has 0 aromatic heterocycles. The lowest BCUT2D eigenvalue weighted by Crippen LogP contribution is -2.33. The number of hydrogen-bond acceptors (Lipinski definition) is 3. The Balaban J connectivity index is 1.83. The number of rotatable bonds is 4. The summed E-state index contributed by atoms with van der Waals surface area (Å²) in [6, 6.07) is 11.7. The molecule has 5 heteroatoms. The Morgan fingerprint density at radius 1 is 1.29 bits per heavy atom. The zero-order valence-corrected chi connectivity index (χ0v) is 13.9. The molecule has 3 rings (SSSR count). The maximum atomic E-state index is 13.6. The van der Waals surface area contributed by atoms with Gasteiger partial charge >= 0.3 is 0 Å². The van der Waals surface area contributed by atoms with E-state index < -0.39 is 0 Å². The maximum Gasteiger partial charge on any atom is 0.252 e. The van der Waals surface area contributed by atoms with E-state index >= 15 is 0 Å². The molecule has 0 saturated carbocycles. The first-order valence-electron chi connectivity index (χ1n) is 8.00. The molecule has 1 unspecified atom stereocenters. The van der Waals surface area contributed by atoms with Crippen LogP contribution in [0.15, 0.2) is 42.5 Å². The molecule has 4 nitrogen and oxygen atoms in total. The normalized spacial score (nSPS) is 16.4. The Labute approximate surface area is 141 Å². The molecule has 1 atom stereocenters. The highest BCUT2D eigenvalue weighted by Gasteiger charge is 2.24. The van der Waals surface area contributed by atoms with E-state index in [9.17, 15) is 9.18 Å². The van der Waals surface area contributed by atoms with Gasteiger partial charge < -0.3 is 15.0 Å². The molecule has 1 aliphatic rings. The van der Waals surface area contributed by atoms with Gasteiger partial charge in [0.1, 0.15) is 11.6 Å². The van der Waals surface area contributed by atoms with E-state index in [1.54, 1.807) is 6.07 Å². The van der Waals surface area contributed by atoms with Crippen LogP contribution >= 0.6 is 0 Å². The molecule has 1 amide bonds. The number of nitrogens with one attached hydrogen (secondary N) is 1. The van der Waals surface area contributed by atoms with Gasteiger partial charge in [-0.25, -0.2) is 4.39 Å². The molecule has 1 heterocycles. The van der Waals surface area contributed by atoms with Crippen molar-refractivity contribution in [2.24, 2.45) is 0 Å². The van der Waals surface area contributed by atoms with E-state index in [-0.39, 0.29) is 17.8 Å². The molecule has 0 spiro atoms. The van der Waals surface area contributed by atoms with Crippen molar-refractivity contribution in [3.8, 4) is 5.75 Å². The summed E-state index contributed by atoms with van der Waals surface area (Å²) in [4.78, 5) is 14.8. The van der Waals surface area contributed by atoms with Crippen LogP contribution in [0.25, 0.3) is 0 Å². The SMILES string of the molecule is CN(C)Cc1ccccc1C(=O)NC1CCOc2ccc(F)cc21. The number of nitrogens with zero attached hydrogens (tertiary/aromatic N) is 1. The number of hydrogen-bond donors (Lipinski definition) is 1. The van der Waals surface area contributed by atoms with Crippen LogP contribution in [0, 0.1) is 5.82 Å². The van der Waals surface area contributed by atoms with E-state index in [4.69, 9.17) is 4.74 Å². The molecular formula is C19H21FN2O2. The van der Waals surface area contributed by atoms with Gasteiger partial charge in [0.2, 0.25) is 0 Å². The van der Waals surface area contributed by atoms with E-state index in [2.05, 4.69) is 5.32 Å². The van der Waals surface area contributed by atoms with Crippen molar-refractivity contribution < 1.29 is 13.9 Å². The molecule has 0 saturated heterocycles. The van der Waals surface area contributed by atoms with Crippen LogP contribution in [0.2, 0.25) is 0 Å². The molecule has 126 valence electrons. The van der Waals surface area contributed by atoms with Crippen molar-refractivity contribution >= 4 is 5.91 Å². The molecule has 0 radical (unpaired) electrons. The van der Waals surface area contributed by atoms with E-state index in [0.29, 0.717) is 36.4 Å². The smallest absolute Gasteiger partial charge is 0.252 e. The van der Waals surface area contributed by atoms with E-state index in [0.717, 1.165) is 5.56 Å². The first-order valence-corrected chi connectivity index (χ1v) is 8.00. The van der Waals surface area contributed by atoms with Crippen molar-refractivity contribution in [2.45, 2.75) is 19.0 Å². The first-order chi connectivity index (χ1) is 11.5. The molecule has 2 aromatic rings.